The standard InChI is InChI=1S/C16H22N4O/c1-2-21-16(12-8-9-12)15(19-17)14-10-11-18-20(14)13-6-4-3-5-7-13/h3-7,10-12,15-16,19H,2,8-9,17H2,1H3. The quantitative estimate of drug-likeness (QED) is 0.605. The Morgan fingerprint density at radius 2 is 2.10 bits per heavy atom. The Bertz CT molecular complexity index is 565. The van der Waals surface area contributed by atoms with Crippen LogP contribution in [0.15, 0.2) is 42.6 Å². The topological polar surface area (TPSA) is 65.1 Å². The number of para-hydroxylation sites is 1. The zero-order valence-electron chi connectivity index (χ0n) is 12.3. The second-order valence-corrected chi connectivity index (χ2v) is 5.41. The van der Waals surface area contributed by atoms with E-state index in [0.29, 0.717) is 12.5 Å². The Hall–Kier alpha value is -1.69. The number of nitrogens with one attached hydrogen (secondary N) is 1. The van der Waals surface area contributed by atoms with Crippen LogP contribution in [0.3, 0.4) is 0 Å². The molecular formula is C16H22N4O. The predicted octanol–water partition coefficient (Wildman–Crippen LogP) is 2.19. The molecular weight excluding hydrogens is 264 g/mol. The van der Waals surface area contributed by atoms with Crippen molar-refractivity contribution in [3.05, 3.63) is 48.3 Å². The van der Waals surface area contributed by atoms with Crippen LogP contribution in [0.25, 0.3) is 5.69 Å². The highest BCUT2D eigenvalue weighted by molar-refractivity contribution is 5.33. The van der Waals surface area contributed by atoms with E-state index in [1.54, 1.807) is 0 Å². The zero-order chi connectivity index (χ0) is 14.7. The number of benzene rings is 1. The number of rotatable bonds is 7. The molecule has 21 heavy (non-hydrogen) atoms. The average Bonchev–Trinajstić information content (AvgIpc) is 3.26. The largest absolute Gasteiger partial charge is 0.376 e. The lowest BCUT2D eigenvalue weighted by Crippen LogP contribution is -2.40. The summed E-state index contributed by atoms with van der Waals surface area (Å²) in [6, 6.07) is 12.0. The molecule has 1 aromatic carbocycles. The first-order valence-corrected chi connectivity index (χ1v) is 7.52. The molecule has 2 atom stereocenters. The van der Waals surface area contributed by atoms with Crippen molar-refractivity contribution in [1.29, 1.82) is 0 Å². The molecule has 3 N–H and O–H groups in total. The minimum atomic E-state index is -0.0554. The molecule has 1 aliphatic rings. The predicted molar refractivity (Wildman–Crippen MR) is 81.8 cm³/mol. The number of aromatic nitrogens is 2. The van der Waals surface area contributed by atoms with Crippen LogP contribution in [0.4, 0.5) is 0 Å². The fraction of sp³-hybridized carbons (Fsp3) is 0.438. The van der Waals surface area contributed by atoms with Gasteiger partial charge in [-0.1, -0.05) is 18.2 Å². The molecule has 2 aromatic rings. The monoisotopic (exact) mass is 286 g/mol. The molecule has 112 valence electrons. The highest BCUT2D eigenvalue weighted by atomic mass is 16.5. The molecule has 2 unspecified atom stereocenters. The molecule has 1 heterocycles. The Morgan fingerprint density at radius 3 is 2.71 bits per heavy atom. The molecule has 1 aromatic heterocycles. The molecule has 1 fully saturated rings. The van der Waals surface area contributed by atoms with Crippen LogP contribution in [0.2, 0.25) is 0 Å². The van der Waals surface area contributed by atoms with Crippen LogP contribution >= 0.6 is 0 Å². The van der Waals surface area contributed by atoms with Gasteiger partial charge in [-0.05, 0) is 43.9 Å². The lowest BCUT2D eigenvalue weighted by molar-refractivity contribution is 0.0169. The first-order chi connectivity index (χ1) is 10.3. The van der Waals surface area contributed by atoms with Gasteiger partial charge in [-0.15, -0.1) is 0 Å². The highest BCUT2D eigenvalue weighted by Crippen LogP contribution is 2.40. The molecule has 0 saturated heterocycles. The molecule has 0 radical (unpaired) electrons. The van der Waals surface area contributed by atoms with Crippen LogP contribution in [0, 0.1) is 5.92 Å². The normalized spacial score (nSPS) is 17.6. The van der Waals surface area contributed by atoms with Crippen LogP contribution < -0.4 is 11.3 Å². The molecule has 5 nitrogen and oxygen atoms in total. The van der Waals surface area contributed by atoms with Crippen molar-refractivity contribution >= 4 is 0 Å². The third-order valence-electron chi connectivity index (χ3n) is 3.95. The Kier molecular flexibility index (Phi) is 4.34. The van der Waals surface area contributed by atoms with Gasteiger partial charge in [-0.2, -0.15) is 5.10 Å². The van der Waals surface area contributed by atoms with Gasteiger partial charge in [0.15, 0.2) is 0 Å². The molecule has 1 aliphatic carbocycles. The number of hydrogen-bond acceptors (Lipinski definition) is 4. The summed E-state index contributed by atoms with van der Waals surface area (Å²) >= 11 is 0. The summed E-state index contributed by atoms with van der Waals surface area (Å²) in [5.74, 6) is 6.42. The number of nitrogens with zero attached hydrogens (tertiary/aromatic N) is 2. The zero-order valence-corrected chi connectivity index (χ0v) is 12.3. The highest BCUT2D eigenvalue weighted by Gasteiger charge is 2.38. The summed E-state index contributed by atoms with van der Waals surface area (Å²) in [6.07, 6.45) is 4.33. The van der Waals surface area contributed by atoms with Crippen molar-refractivity contribution in [2.45, 2.75) is 31.9 Å². The van der Waals surface area contributed by atoms with Gasteiger partial charge < -0.3 is 4.74 Å². The minimum absolute atomic E-state index is 0.0554. The van der Waals surface area contributed by atoms with Crippen molar-refractivity contribution in [3.63, 3.8) is 0 Å². The molecule has 1 saturated carbocycles. The van der Waals surface area contributed by atoms with Crippen LogP contribution in [0.1, 0.15) is 31.5 Å². The van der Waals surface area contributed by atoms with Crippen molar-refractivity contribution in [2.24, 2.45) is 11.8 Å². The lowest BCUT2D eigenvalue weighted by atomic mass is 10.0. The maximum Gasteiger partial charge on any atom is 0.0897 e. The van der Waals surface area contributed by atoms with Crippen molar-refractivity contribution in [3.8, 4) is 5.69 Å². The molecule has 0 amide bonds. The Balaban J connectivity index is 1.92. The average molecular weight is 286 g/mol. The van der Waals surface area contributed by atoms with E-state index in [2.05, 4.69) is 10.5 Å². The van der Waals surface area contributed by atoms with E-state index in [1.165, 1.54) is 12.8 Å². The first-order valence-electron chi connectivity index (χ1n) is 7.52. The number of nitrogens with two attached hydrogens (primary N) is 1. The molecule has 0 bridgehead atoms. The van der Waals surface area contributed by atoms with Gasteiger partial charge >= 0.3 is 0 Å². The summed E-state index contributed by atoms with van der Waals surface area (Å²) < 4.78 is 7.88. The Labute approximate surface area is 125 Å². The van der Waals surface area contributed by atoms with Gasteiger partial charge in [0.2, 0.25) is 0 Å². The third kappa shape index (κ3) is 3.00. The van der Waals surface area contributed by atoms with E-state index in [1.807, 2.05) is 54.2 Å². The molecule has 3 rings (SSSR count). The van der Waals surface area contributed by atoms with E-state index in [4.69, 9.17) is 10.6 Å². The van der Waals surface area contributed by atoms with E-state index in [0.717, 1.165) is 11.4 Å². The van der Waals surface area contributed by atoms with E-state index >= 15 is 0 Å². The maximum atomic E-state index is 5.95. The lowest BCUT2D eigenvalue weighted by Gasteiger charge is -2.27. The summed E-state index contributed by atoms with van der Waals surface area (Å²) in [7, 11) is 0. The van der Waals surface area contributed by atoms with Gasteiger partial charge in [0.05, 0.1) is 23.5 Å². The summed E-state index contributed by atoms with van der Waals surface area (Å²) in [5, 5.41) is 4.44. The number of hydrazine groups is 1. The second kappa shape index (κ2) is 6.39. The summed E-state index contributed by atoms with van der Waals surface area (Å²) in [6.45, 7) is 2.72. The van der Waals surface area contributed by atoms with E-state index in [9.17, 15) is 0 Å². The third-order valence-corrected chi connectivity index (χ3v) is 3.95. The first kappa shape index (κ1) is 14.3. The van der Waals surface area contributed by atoms with Gasteiger partial charge in [0.25, 0.3) is 0 Å². The van der Waals surface area contributed by atoms with Crippen LogP contribution in [0.5, 0.6) is 0 Å². The van der Waals surface area contributed by atoms with E-state index < -0.39 is 0 Å². The SMILES string of the molecule is CCOC(C1CC1)C(NN)c1ccnn1-c1ccccc1. The van der Waals surface area contributed by atoms with Crippen molar-refractivity contribution in [2.75, 3.05) is 6.61 Å². The molecule has 0 aliphatic heterocycles. The molecule has 5 heteroatoms. The van der Waals surface area contributed by atoms with Gasteiger partial charge in [-0.25, -0.2) is 10.1 Å². The fourth-order valence-electron chi connectivity index (χ4n) is 2.80. The fourth-order valence-corrected chi connectivity index (χ4v) is 2.80. The van der Waals surface area contributed by atoms with Gasteiger partial charge in [-0.3, -0.25) is 5.84 Å². The van der Waals surface area contributed by atoms with Crippen LogP contribution in [-0.4, -0.2) is 22.5 Å². The number of ether oxygens (including phenoxy) is 1. The summed E-state index contributed by atoms with van der Waals surface area (Å²) in [4.78, 5) is 0. The Morgan fingerprint density at radius 1 is 1.33 bits per heavy atom. The van der Waals surface area contributed by atoms with Crippen LogP contribution in [-0.2, 0) is 4.74 Å². The minimum Gasteiger partial charge on any atom is -0.376 e. The van der Waals surface area contributed by atoms with Gasteiger partial charge in [0.1, 0.15) is 0 Å². The number of hydrogen-bond donors (Lipinski definition) is 2. The van der Waals surface area contributed by atoms with Gasteiger partial charge in [0, 0.05) is 12.8 Å². The maximum absolute atomic E-state index is 5.95. The second-order valence-electron chi connectivity index (χ2n) is 5.41. The van der Waals surface area contributed by atoms with Crippen molar-refractivity contribution < 1.29 is 4.74 Å². The molecule has 0 spiro atoms. The summed E-state index contributed by atoms with van der Waals surface area (Å²) in [5.41, 5.74) is 5.00. The van der Waals surface area contributed by atoms with Crippen molar-refractivity contribution in [1.82, 2.24) is 15.2 Å². The van der Waals surface area contributed by atoms with E-state index in [-0.39, 0.29) is 12.1 Å². The smallest absolute Gasteiger partial charge is 0.0897 e.